The fourth-order valence-electron chi connectivity index (χ4n) is 2.75. The normalized spacial score (nSPS) is 25.6. The third-order valence-corrected chi connectivity index (χ3v) is 3.86. The summed E-state index contributed by atoms with van der Waals surface area (Å²) in [5, 5.41) is 0. The van der Waals surface area contributed by atoms with Gasteiger partial charge in [-0.15, -0.1) is 0 Å². The van der Waals surface area contributed by atoms with Crippen molar-refractivity contribution in [3.63, 3.8) is 0 Å². The summed E-state index contributed by atoms with van der Waals surface area (Å²) in [6, 6.07) is 9.04. The molecule has 0 aromatic heterocycles. The Morgan fingerprint density at radius 2 is 2.28 bits per heavy atom. The molecular weight excluding hydrogens is 224 g/mol. The summed E-state index contributed by atoms with van der Waals surface area (Å²) in [5.74, 6) is 0. The van der Waals surface area contributed by atoms with E-state index in [1.165, 1.54) is 11.1 Å². The van der Waals surface area contributed by atoms with Gasteiger partial charge >= 0.3 is 0 Å². The lowest BCUT2D eigenvalue weighted by Crippen LogP contribution is -2.40. The van der Waals surface area contributed by atoms with E-state index in [-0.39, 0.29) is 6.04 Å². The highest BCUT2D eigenvalue weighted by atomic mass is 16.5. The predicted octanol–water partition coefficient (Wildman–Crippen LogP) is 2.10. The van der Waals surface area contributed by atoms with Crippen molar-refractivity contribution < 1.29 is 4.74 Å². The molecule has 1 heterocycles. The number of benzene rings is 1. The van der Waals surface area contributed by atoms with Gasteiger partial charge in [-0.2, -0.15) is 0 Å². The monoisotopic (exact) mass is 248 g/mol. The van der Waals surface area contributed by atoms with Crippen LogP contribution in [0.2, 0.25) is 0 Å². The Bertz CT molecular complexity index is 394. The lowest BCUT2D eigenvalue weighted by Gasteiger charge is -2.29. The Kier molecular flexibility index (Phi) is 4.38. The average molecular weight is 248 g/mol. The van der Waals surface area contributed by atoms with Gasteiger partial charge in [-0.05, 0) is 32.9 Å². The van der Waals surface area contributed by atoms with Gasteiger partial charge in [0.1, 0.15) is 0 Å². The van der Waals surface area contributed by atoms with Crippen LogP contribution >= 0.6 is 0 Å². The molecule has 2 N–H and O–H groups in total. The van der Waals surface area contributed by atoms with Gasteiger partial charge in [-0.1, -0.05) is 29.8 Å². The van der Waals surface area contributed by atoms with Crippen LogP contribution in [0, 0.1) is 6.92 Å². The molecular formula is C15H24N2O. The van der Waals surface area contributed by atoms with Crippen molar-refractivity contribution in [2.45, 2.75) is 38.5 Å². The average Bonchev–Trinajstić information content (AvgIpc) is 2.75. The van der Waals surface area contributed by atoms with Gasteiger partial charge in [0.05, 0.1) is 6.10 Å². The van der Waals surface area contributed by atoms with Gasteiger partial charge in [0, 0.05) is 25.2 Å². The third-order valence-electron chi connectivity index (χ3n) is 3.86. The number of aryl methyl sites for hydroxylation is 1. The van der Waals surface area contributed by atoms with E-state index in [1.807, 2.05) is 0 Å². The summed E-state index contributed by atoms with van der Waals surface area (Å²) in [6.07, 6.45) is 1.43. The fourth-order valence-corrected chi connectivity index (χ4v) is 2.75. The van der Waals surface area contributed by atoms with Gasteiger partial charge in [0.2, 0.25) is 0 Å². The van der Waals surface area contributed by atoms with E-state index in [0.717, 1.165) is 19.6 Å². The first-order valence-electron chi connectivity index (χ1n) is 6.72. The number of hydrogen-bond acceptors (Lipinski definition) is 3. The highest BCUT2D eigenvalue weighted by Gasteiger charge is 2.28. The van der Waals surface area contributed by atoms with Crippen LogP contribution in [0.5, 0.6) is 0 Å². The van der Waals surface area contributed by atoms with Crippen LogP contribution in [0.25, 0.3) is 0 Å². The van der Waals surface area contributed by atoms with Crippen molar-refractivity contribution in [2.75, 3.05) is 20.2 Å². The minimum absolute atomic E-state index is 0.0719. The standard InChI is InChI=1S/C15H24N2O/c1-11-5-4-6-13(9-11)14(16)10-17(3)15-7-8-18-12(15)2/h4-6,9,12,14-15H,7-8,10,16H2,1-3H3. The fraction of sp³-hybridized carbons (Fsp3) is 0.600. The smallest absolute Gasteiger partial charge is 0.0702 e. The first-order valence-corrected chi connectivity index (χ1v) is 6.72. The van der Waals surface area contributed by atoms with E-state index < -0.39 is 0 Å². The molecule has 1 fully saturated rings. The molecule has 1 saturated heterocycles. The summed E-state index contributed by atoms with van der Waals surface area (Å²) in [7, 11) is 2.14. The van der Waals surface area contributed by atoms with Gasteiger partial charge in [0.25, 0.3) is 0 Å². The molecule has 3 heteroatoms. The molecule has 1 aromatic carbocycles. The number of nitrogens with zero attached hydrogens (tertiary/aromatic N) is 1. The van der Waals surface area contributed by atoms with Crippen molar-refractivity contribution in [1.29, 1.82) is 0 Å². The van der Waals surface area contributed by atoms with Crippen molar-refractivity contribution in [3.8, 4) is 0 Å². The highest BCUT2D eigenvalue weighted by Crippen LogP contribution is 2.21. The first kappa shape index (κ1) is 13.5. The molecule has 2 rings (SSSR count). The van der Waals surface area contributed by atoms with Crippen molar-refractivity contribution in [2.24, 2.45) is 5.73 Å². The Morgan fingerprint density at radius 1 is 1.50 bits per heavy atom. The molecule has 3 atom stereocenters. The zero-order chi connectivity index (χ0) is 13.1. The van der Waals surface area contributed by atoms with Crippen molar-refractivity contribution >= 4 is 0 Å². The Labute approximate surface area is 110 Å². The van der Waals surface area contributed by atoms with Crippen molar-refractivity contribution in [3.05, 3.63) is 35.4 Å². The van der Waals surface area contributed by atoms with E-state index >= 15 is 0 Å². The van der Waals surface area contributed by atoms with Crippen molar-refractivity contribution in [1.82, 2.24) is 4.90 Å². The third kappa shape index (κ3) is 3.10. The van der Waals surface area contributed by atoms with Gasteiger partial charge in [-0.25, -0.2) is 0 Å². The molecule has 0 radical (unpaired) electrons. The van der Waals surface area contributed by atoms with Crippen LogP contribution in [0.3, 0.4) is 0 Å². The molecule has 18 heavy (non-hydrogen) atoms. The van der Waals surface area contributed by atoms with Crippen LogP contribution in [0.15, 0.2) is 24.3 Å². The summed E-state index contributed by atoms with van der Waals surface area (Å²) < 4.78 is 5.61. The second kappa shape index (κ2) is 5.83. The van der Waals surface area contributed by atoms with Gasteiger partial charge in [-0.3, -0.25) is 4.90 Å². The predicted molar refractivity (Wildman–Crippen MR) is 74.6 cm³/mol. The molecule has 0 spiro atoms. The highest BCUT2D eigenvalue weighted by molar-refractivity contribution is 5.25. The molecule has 0 saturated carbocycles. The quantitative estimate of drug-likeness (QED) is 0.887. The number of likely N-dealkylation sites (N-methyl/N-ethyl adjacent to an activating group) is 1. The van der Waals surface area contributed by atoms with Crippen LogP contribution < -0.4 is 5.73 Å². The molecule has 100 valence electrons. The largest absolute Gasteiger partial charge is 0.377 e. The van der Waals surface area contributed by atoms with Crippen LogP contribution in [-0.2, 0) is 4.74 Å². The molecule has 0 bridgehead atoms. The maximum absolute atomic E-state index is 6.30. The maximum Gasteiger partial charge on any atom is 0.0702 e. The molecule has 1 aromatic rings. The molecule has 3 nitrogen and oxygen atoms in total. The molecule has 0 amide bonds. The number of ether oxygens (including phenoxy) is 1. The number of hydrogen-bond donors (Lipinski definition) is 1. The van der Waals surface area contributed by atoms with E-state index in [1.54, 1.807) is 0 Å². The summed E-state index contributed by atoms with van der Waals surface area (Å²) in [4.78, 5) is 2.34. The Morgan fingerprint density at radius 3 is 2.89 bits per heavy atom. The minimum Gasteiger partial charge on any atom is -0.377 e. The van der Waals surface area contributed by atoms with Crippen LogP contribution in [-0.4, -0.2) is 37.2 Å². The SMILES string of the molecule is Cc1cccc(C(N)CN(C)C2CCOC2C)c1. The molecule has 1 aliphatic rings. The molecule has 0 aliphatic carbocycles. The lowest BCUT2D eigenvalue weighted by molar-refractivity contribution is 0.0818. The lowest BCUT2D eigenvalue weighted by atomic mass is 10.0. The summed E-state index contributed by atoms with van der Waals surface area (Å²) in [6.45, 7) is 6.00. The zero-order valence-electron chi connectivity index (χ0n) is 11.6. The topological polar surface area (TPSA) is 38.5 Å². The summed E-state index contributed by atoms with van der Waals surface area (Å²) >= 11 is 0. The van der Waals surface area contributed by atoms with Crippen LogP contribution in [0.1, 0.15) is 30.5 Å². The Hall–Kier alpha value is -0.900. The number of nitrogens with two attached hydrogens (primary N) is 1. The number of rotatable bonds is 4. The summed E-state index contributed by atoms with van der Waals surface area (Å²) in [5.41, 5.74) is 8.78. The molecule has 1 aliphatic heterocycles. The van der Waals surface area contributed by atoms with Crippen LogP contribution in [0.4, 0.5) is 0 Å². The molecule has 3 unspecified atom stereocenters. The second-order valence-electron chi connectivity index (χ2n) is 5.39. The first-order chi connectivity index (χ1) is 8.58. The van der Waals surface area contributed by atoms with Gasteiger partial charge in [0.15, 0.2) is 0 Å². The minimum atomic E-state index is 0.0719. The zero-order valence-corrected chi connectivity index (χ0v) is 11.6. The maximum atomic E-state index is 6.30. The van der Waals surface area contributed by atoms with E-state index in [2.05, 4.69) is 50.1 Å². The van der Waals surface area contributed by atoms with E-state index in [9.17, 15) is 0 Å². The second-order valence-corrected chi connectivity index (χ2v) is 5.39. The van der Waals surface area contributed by atoms with Gasteiger partial charge < -0.3 is 10.5 Å². The van der Waals surface area contributed by atoms with E-state index in [4.69, 9.17) is 10.5 Å². The Balaban J connectivity index is 1.96. The van der Waals surface area contributed by atoms with E-state index in [0.29, 0.717) is 12.1 Å².